The fourth-order valence-electron chi connectivity index (χ4n) is 4.15. The first-order chi connectivity index (χ1) is 14.0. The van der Waals surface area contributed by atoms with Gasteiger partial charge >= 0.3 is 0 Å². The Kier molecular flexibility index (Phi) is 3.65. The lowest BCUT2D eigenvalue weighted by Crippen LogP contribution is -2.59. The van der Waals surface area contributed by atoms with Crippen LogP contribution in [-0.4, -0.2) is 34.4 Å². The molecule has 2 atom stereocenters. The number of benzene rings is 3. The third-order valence-electron chi connectivity index (χ3n) is 5.59. The van der Waals surface area contributed by atoms with Gasteiger partial charge in [-0.05, 0) is 36.4 Å². The van der Waals surface area contributed by atoms with Crippen molar-refractivity contribution >= 4 is 17.2 Å². The highest BCUT2D eigenvalue weighted by molar-refractivity contribution is 6.30. The zero-order chi connectivity index (χ0) is 20.2. The molecule has 2 aliphatic rings. The first-order valence-electron chi connectivity index (χ1n) is 9.19. The molecule has 1 aliphatic carbocycles. The lowest BCUT2D eigenvalue weighted by Gasteiger charge is -2.36. The van der Waals surface area contributed by atoms with Crippen LogP contribution in [0.1, 0.15) is 21.5 Å². The summed E-state index contributed by atoms with van der Waals surface area (Å²) in [4.78, 5) is 13.3. The smallest absolute Gasteiger partial charge is 0.228 e. The summed E-state index contributed by atoms with van der Waals surface area (Å²) in [5.74, 6) is 0.0548. The standard InChI is InChI=1S/C23H18N2O4/c1-29-17-13-11-15(12-14-17)20-22(27)21(26)18-9-5-6-10-19(18)23(22,28)25(24-20)16-7-3-2-4-8-16/h2-14,27-28H,1H3/t22-,23+/m1/s1. The first-order valence-corrected chi connectivity index (χ1v) is 9.19. The number of rotatable bonds is 3. The van der Waals surface area contributed by atoms with E-state index in [9.17, 15) is 15.0 Å². The summed E-state index contributed by atoms with van der Waals surface area (Å²) in [6.07, 6.45) is 0. The Morgan fingerprint density at radius 1 is 0.897 bits per heavy atom. The number of anilines is 1. The van der Waals surface area contributed by atoms with Gasteiger partial charge in [-0.1, -0.05) is 42.5 Å². The maximum atomic E-state index is 13.3. The number of methoxy groups -OCH3 is 1. The van der Waals surface area contributed by atoms with Crippen LogP contribution in [-0.2, 0) is 5.72 Å². The van der Waals surface area contributed by atoms with Gasteiger partial charge in [0.25, 0.3) is 0 Å². The number of ether oxygens (including phenoxy) is 1. The number of hydrogen-bond acceptors (Lipinski definition) is 6. The van der Waals surface area contributed by atoms with Crippen molar-refractivity contribution in [3.05, 3.63) is 95.6 Å². The fraction of sp³-hybridized carbons (Fsp3) is 0.130. The average Bonchev–Trinajstić information content (AvgIpc) is 3.12. The normalized spacial score (nSPS) is 24.9. The van der Waals surface area contributed by atoms with Crippen LogP contribution < -0.4 is 9.75 Å². The van der Waals surface area contributed by atoms with Crippen LogP contribution in [0.5, 0.6) is 5.75 Å². The van der Waals surface area contributed by atoms with E-state index in [4.69, 9.17) is 4.74 Å². The van der Waals surface area contributed by atoms with Gasteiger partial charge in [-0.15, -0.1) is 0 Å². The van der Waals surface area contributed by atoms with Crippen LogP contribution in [0.15, 0.2) is 84.0 Å². The van der Waals surface area contributed by atoms with E-state index in [2.05, 4.69) is 5.10 Å². The van der Waals surface area contributed by atoms with Gasteiger partial charge in [0.1, 0.15) is 11.5 Å². The van der Waals surface area contributed by atoms with E-state index in [0.29, 0.717) is 22.6 Å². The number of hydrogen-bond donors (Lipinski definition) is 2. The van der Waals surface area contributed by atoms with Gasteiger partial charge in [-0.25, -0.2) is 5.01 Å². The number of hydrazone groups is 1. The summed E-state index contributed by atoms with van der Waals surface area (Å²) >= 11 is 0. The van der Waals surface area contributed by atoms with Crippen molar-refractivity contribution < 1.29 is 19.7 Å². The molecule has 3 aromatic carbocycles. The van der Waals surface area contributed by atoms with Crippen LogP contribution in [0.3, 0.4) is 0 Å². The molecule has 0 aromatic heterocycles. The molecule has 2 N–H and O–H groups in total. The van der Waals surface area contributed by atoms with Crippen molar-refractivity contribution in [3.63, 3.8) is 0 Å². The van der Waals surface area contributed by atoms with Crippen molar-refractivity contribution in [2.24, 2.45) is 5.10 Å². The summed E-state index contributed by atoms with van der Waals surface area (Å²) in [6, 6.07) is 22.5. The number of para-hydroxylation sites is 1. The van der Waals surface area contributed by atoms with Crippen LogP contribution in [0.4, 0.5) is 5.69 Å². The minimum Gasteiger partial charge on any atom is -0.497 e. The number of fused-ring (bicyclic) bond motifs is 3. The van der Waals surface area contributed by atoms with Crippen LogP contribution in [0.2, 0.25) is 0 Å². The second-order valence-corrected chi connectivity index (χ2v) is 7.08. The van der Waals surface area contributed by atoms with E-state index in [1.807, 2.05) is 6.07 Å². The summed E-state index contributed by atoms with van der Waals surface area (Å²) in [5.41, 5.74) is -2.54. The van der Waals surface area contributed by atoms with E-state index in [1.54, 1.807) is 79.9 Å². The highest BCUT2D eigenvalue weighted by Crippen LogP contribution is 2.53. The number of carbonyl (C=O) groups is 1. The molecule has 0 spiro atoms. The lowest BCUT2D eigenvalue weighted by atomic mass is 9.83. The summed E-state index contributed by atoms with van der Waals surface area (Å²) < 4.78 is 5.20. The number of nitrogens with zero attached hydrogens (tertiary/aromatic N) is 2. The fourth-order valence-corrected chi connectivity index (χ4v) is 4.15. The predicted octanol–water partition coefficient (Wildman–Crippen LogP) is 2.69. The monoisotopic (exact) mass is 386 g/mol. The van der Waals surface area contributed by atoms with Gasteiger partial charge in [0.2, 0.25) is 17.1 Å². The number of Topliss-reactive ketones (excluding diaryl/α,β-unsaturated/α-hetero) is 1. The van der Waals surface area contributed by atoms with Crippen LogP contribution in [0.25, 0.3) is 0 Å². The predicted molar refractivity (Wildman–Crippen MR) is 108 cm³/mol. The zero-order valence-corrected chi connectivity index (χ0v) is 15.6. The van der Waals surface area contributed by atoms with Crippen molar-refractivity contribution in [1.29, 1.82) is 0 Å². The molecule has 0 saturated heterocycles. The van der Waals surface area contributed by atoms with Crippen LogP contribution in [0, 0.1) is 0 Å². The molecule has 0 fully saturated rings. The van der Waals surface area contributed by atoms with Crippen molar-refractivity contribution in [3.8, 4) is 5.75 Å². The van der Waals surface area contributed by atoms with E-state index in [0.717, 1.165) is 0 Å². The van der Waals surface area contributed by atoms with Gasteiger partial charge in [0, 0.05) is 16.7 Å². The molecule has 0 bridgehead atoms. The van der Waals surface area contributed by atoms with Crippen LogP contribution >= 0.6 is 0 Å². The molecule has 144 valence electrons. The Morgan fingerprint density at radius 3 is 2.24 bits per heavy atom. The minimum atomic E-state index is -2.25. The lowest BCUT2D eigenvalue weighted by molar-refractivity contribution is -0.0769. The Labute approximate surface area is 167 Å². The van der Waals surface area contributed by atoms with Gasteiger partial charge in [-0.2, -0.15) is 5.10 Å². The molecular weight excluding hydrogens is 368 g/mol. The van der Waals surface area contributed by atoms with Gasteiger partial charge in [-0.3, -0.25) is 4.79 Å². The Bertz CT molecular complexity index is 1140. The van der Waals surface area contributed by atoms with Crippen molar-refractivity contribution in [2.45, 2.75) is 11.3 Å². The second-order valence-electron chi connectivity index (χ2n) is 7.08. The number of ketones is 1. The second kappa shape index (κ2) is 6.01. The number of aliphatic hydroxyl groups is 2. The molecule has 0 radical (unpaired) electrons. The third kappa shape index (κ3) is 2.12. The maximum Gasteiger partial charge on any atom is 0.228 e. The summed E-state index contributed by atoms with van der Waals surface area (Å²) in [5, 5.41) is 29.5. The molecule has 1 heterocycles. The molecule has 5 rings (SSSR count). The molecule has 0 unspecified atom stereocenters. The Morgan fingerprint density at radius 2 is 1.55 bits per heavy atom. The van der Waals surface area contributed by atoms with E-state index in [-0.39, 0.29) is 11.3 Å². The van der Waals surface area contributed by atoms with Crippen molar-refractivity contribution in [1.82, 2.24) is 0 Å². The number of carbonyl (C=O) groups excluding carboxylic acids is 1. The molecule has 6 nitrogen and oxygen atoms in total. The quantitative estimate of drug-likeness (QED) is 0.723. The highest BCUT2D eigenvalue weighted by Gasteiger charge is 2.72. The van der Waals surface area contributed by atoms with Crippen molar-refractivity contribution in [2.75, 3.05) is 12.1 Å². The topological polar surface area (TPSA) is 82.4 Å². The van der Waals surface area contributed by atoms with E-state index in [1.165, 1.54) is 5.01 Å². The molecule has 0 saturated carbocycles. The largest absolute Gasteiger partial charge is 0.497 e. The first kappa shape index (κ1) is 17.6. The molecular formula is C23H18N2O4. The molecule has 29 heavy (non-hydrogen) atoms. The maximum absolute atomic E-state index is 13.3. The Balaban J connectivity index is 1.77. The van der Waals surface area contributed by atoms with E-state index < -0.39 is 17.1 Å². The molecule has 1 aliphatic heterocycles. The molecule has 0 amide bonds. The van der Waals surface area contributed by atoms with Gasteiger partial charge < -0.3 is 14.9 Å². The third-order valence-corrected chi connectivity index (χ3v) is 5.59. The molecule has 6 heteroatoms. The zero-order valence-electron chi connectivity index (χ0n) is 15.6. The van der Waals surface area contributed by atoms with Gasteiger partial charge in [0.15, 0.2) is 0 Å². The summed E-state index contributed by atoms with van der Waals surface area (Å²) in [7, 11) is 1.56. The van der Waals surface area contributed by atoms with Gasteiger partial charge in [0.05, 0.1) is 12.8 Å². The summed E-state index contributed by atoms with van der Waals surface area (Å²) in [6.45, 7) is 0. The minimum absolute atomic E-state index is 0.0905. The SMILES string of the molecule is COc1ccc(C2=NN(c3ccccc3)[C@]3(O)c4ccccc4C(=O)[C@]23O)cc1. The Hall–Kier alpha value is -3.48. The average molecular weight is 386 g/mol. The highest BCUT2D eigenvalue weighted by atomic mass is 16.5. The molecule has 3 aromatic rings. The van der Waals surface area contributed by atoms with E-state index >= 15 is 0 Å².